The van der Waals surface area contributed by atoms with Crippen molar-refractivity contribution in [3.05, 3.63) is 65.2 Å². The highest BCUT2D eigenvalue weighted by Crippen LogP contribution is 2.24. The van der Waals surface area contributed by atoms with Crippen LogP contribution in [-0.2, 0) is 10.0 Å². The Morgan fingerprint density at radius 1 is 0.962 bits per heavy atom. The average molecular weight is 369 g/mol. The van der Waals surface area contributed by atoms with E-state index in [-0.39, 0.29) is 6.04 Å². The summed E-state index contributed by atoms with van der Waals surface area (Å²) in [6.45, 7) is 5.76. The molecule has 0 saturated carbocycles. The van der Waals surface area contributed by atoms with Crippen LogP contribution in [0.25, 0.3) is 0 Å². The van der Waals surface area contributed by atoms with Crippen LogP contribution in [0.2, 0.25) is 0 Å². The Balaban J connectivity index is 1.72. The molecule has 1 aliphatic heterocycles. The number of piperazine rings is 1. The van der Waals surface area contributed by atoms with E-state index in [0.29, 0.717) is 31.1 Å². The van der Waals surface area contributed by atoms with E-state index < -0.39 is 10.0 Å². The zero-order chi connectivity index (χ0) is 18.7. The Morgan fingerprint density at radius 3 is 2.19 bits per heavy atom. The molecule has 2 aromatic rings. The van der Waals surface area contributed by atoms with Crippen LogP contribution in [0, 0.1) is 25.2 Å². The fraction of sp³-hybridized carbons (Fsp3) is 0.350. The second-order valence-corrected chi connectivity index (χ2v) is 8.64. The molecular weight excluding hydrogens is 346 g/mol. The second kappa shape index (κ2) is 7.58. The fourth-order valence-corrected chi connectivity index (χ4v) is 4.77. The third-order valence-electron chi connectivity index (χ3n) is 4.78. The van der Waals surface area contributed by atoms with E-state index in [0.717, 1.165) is 16.7 Å². The van der Waals surface area contributed by atoms with Crippen LogP contribution in [0.15, 0.2) is 53.4 Å². The molecule has 6 heteroatoms. The maximum absolute atomic E-state index is 12.8. The highest BCUT2D eigenvalue weighted by molar-refractivity contribution is 7.89. The SMILES string of the molecule is Cc1ccc(C(C#N)N2CCN(S(=O)(=O)c3cccc(C)c3)CC2)cc1. The lowest BCUT2D eigenvalue weighted by molar-refractivity contribution is 0.162. The molecule has 0 spiro atoms. The minimum atomic E-state index is -3.49. The Bertz CT molecular complexity index is 909. The van der Waals surface area contributed by atoms with Crippen molar-refractivity contribution in [1.29, 1.82) is 5.26 Å². The van der Waals surface area contributed by atoms with Crippen LogP contribution < -0.4 is 0 Å². The quantitative estimate of drug-likeness (QED) is 0.831. The lowest BCUT2D eigenvalue weighted by atomic mass is 10.0. The van der Waals surface area contributed by atoms with E-state index in [1.165, 1.54) is 4.31 Å². The van der Waals surface area contributed by atoms with Crippen molar-refractivity contribution in [3.8, 4) is 6.07 Å². The number of benzene rings is 2. The zero-order valence-electron chi connectivity index (χ0n) is 15.1. The van der Waals surface area contributed by atoms with Gasteiger partial charge in [0.05, 0.1) is 11.0 Å². The lowest BCUT2D eigenvalue weighted by Crippen LogP contribution is -2.49. The summed E-state index contributed by atoms with van der Waals surface area (Å²) < 4.78 is 27.2. The summed E-state index contributed by atoms with van der Waals surface area (Å²) in [5.74, 6) is 0. The standard InChI is InChI=1S/C20H23N3O2S/c1-16-6-8-18(9-7-16)20(15-21)22-10-12-23(13-11-22)26(24,25)19-5-3-4-17(2)14-19/h3-9,14,20H,10-13H2,1-2H3. The van der Waals surface area contributed by atoms with E-state index in [2.05, 4.69) is 6.07 Å². The van der Waals surface area contributed by atoms with Gasteiger partial charge in [-0.05, 0) is 37.1 Å². The maximum Gasteiger partial charge on any atom is 0.243 e. The smallest absolute Gasteiger partial charge is 0.243 e. The van der Waals surface area contributed by atoms with Crippen LogP contribution in [0.4, 0.5) is 0 Å². The molecule has 2 aromatic carbocycles. The number of hydrogen-bond acceptors (Lipinski definition) is 4. The topological polar surface area (TPSA) is 64.4 Å². The first-order chi connectivity index (χ1) is 12.4. The monoisotopic (exact) mass is 369 g/mol. The molecule has 0 amide bonds. The van der Waals surface area contributed by atoms with E-state index in [1.807, 2.05) is 49.1 Å². The van der Waals surface area contributed by atoms with Gasteiger partial charge in [0.15, 0.2) is 0 Å². The van der Waals surface area contributed by atoms with Crippen molar-refractivity contribution in [2.45, 2.75) is 24.8 Å². The van der Waals surface area contributed by atoms with Crippen LogP contribution in [-0.4, -0.2) is 43.8 Å². The molecule has 0 radical (unpaired) electrons. The number of rotatable bonds is 4. The summed E-state index contributed by atoms with van der Waals surface area (Å²) in [6, 6.07) is 16.9. The highest BCUT2D eigenvalue weighted by atomic mass is 32.2. The first-order valence-corrected chi connectivity index (χ1v) is 10.1. The maximum atomic E-state index is 12.8. The molecule has 0 N–H and O–H groups in total. The van der Waals surface area contributed by atoms with Gasteiger partial charge in [-0.1, -0.05) is 42.0 Å². The van der Waals surface area contributed by atoms with E-state index in [1.54, 1.807) is 18.2 Å². The molecule has 1 aliphatic rings. The lowest BCUT2D eigenvalue weighted by Gasteiger charge is -2.36. The van der Waals surface area contributed by atoms with Crippen LogP contribution >= 0.6 is 0 Å². The van der Waals surface area contributed by atoms with Crippen LogP contribution in [0.5, 0.6) is 0 Å². The molecule has 1 saturated heterocycles. The van der Waals surface area contributed by atoms with E-state index in [9.17, 15) is 13.7 Å². The van der Waals surface area contributed by atoms with Gasteiger partial charge < -0.3 is 0 Å². The molecule has 1 atom stereocenters. The predicted molar refractivity (Wildman–Crippen MR) is 101 cm³/mol. The number of nitrogens with zero attached hydrogens (tertiary/aromatic N) is 3. The molecule has 3 rings (SSSR count). The van der Waals surface area contributed by atoms with Crippen molar-refractivity contribution in [2.75, 3.05) is 26.2 Å². The van der Waals surface area contributed by atoms with Gasteiger partial charge in [-0.3, -0.25) is 4.90 Å². The second-order valence-electron chi connectivity index (χ2n) is 6.70. The summed E-state index contributed by atoms with van der Waals surface area (Å²) in [4.78, 5) is 2.38. The van der Waals surface area contributed by atoms with Gasteiger partial charge in [-0.2, -0.15) is 9.57 Å². The van der Waals surface area contributed by atoms with Gasteiger partial charge in [0.25, 0.3) is 0 Å². The Hall–Kier alpha value is -2.20. The Morgan fingerprint density at radius 2 is 1.62 bits per heavy atom. The number of nitriles is 1. The molecule has 0 bridgehead atoms. The predicted octanol–water partition coefficient (Wildman–Crippen LogP) is 2.87. The summed E-state index contributed by atoms with van der Waals surface area (Å²) in [6.07, 6.45) is 0. The fourth-order valence-electron chi connectivity index (χ4n) is 3.24. The van der Waals surface area contributed by atoms with Crippen molar-refractivity contribution in [1.82, 2.24) is 9.21 Å². The van der Waals surface area contributed by atoms with Crippen molar-refractivity contribution in [2.24, 2.45) is 0 Å². The third kappa shape index (κ3) is 3.80. The van der Waals surface area contributed by atoms with E-state index in [4.69, 9.17) is 0 Å². The minimum absolute atomic E-state index is 0.335. The van der Waals surface area contributed by atoms with Gasteiger partial charge >= 0.3 is 0 Å². The molecule has 1 unspecified atom stereocenters. The third-order valence-corrected chi connectivity index (χ3v) is 6.68. The Labute approximate surface area is 155 Å². The number of sulfonamides is 1. The summed E-state index contributed by atoms with van der Waals surface area (Å²) in [5, 5.41) is 9.61. The van der Waals surface area contributed by atoms with Crippen molar-refractivity contribution < 1.29 is 8.42 Å². The zero-order valence-corrected chi connectivity index (χ0v) is 15.9. The first-order valence-electron chi connectivity index (χ1n) is 8.69. The largest absolute Gasteiger partial charge is 0.282 e. The average Bonchev–Trinajstić information content (AvgIpc) is 2.64. The van der Waals surface area contributed by atoms with Crippen LogP contribution in [0.1, 0.15) is 22.7 Å². The highest BCUT2D eigenvalue weighted by Gasteiger charge is 2.31. The van der Waals surface area contributed by atoms with Gasteiger partial charge in [0.1, 0.15) is 6.04 Å². The van der Waals surface area contributed by atoms with Crippen LogP contribution in [0.3, 0.4) is 0 Å². The van der Waals surface area contributed by atoms with Gasteiger partial charge in [-0.25, -0.2) is 8.42 Å². The molecule has 5 nitrogen and oxygen atoms in total. The summed E-state index contributed by atoms with van der Waals surface area (Å²) >= 11 is 0. The van der Waals surface area contributed by atoms with Crippen molar-refractivity contribution in [3.63, 3.8) is 0 Å². The summed E-state index contributed by atoms with van der Waals surface area (Å²) in [5.41, 5.74) is 3.03. The molecule has 1 heterocycles. The number of hydrogen-bond donors (Lipinski definition) is 0. The minimum Gasteiger partial charge on any atom is -0.282 e. The van der Waals surface area contributed by atoms with Gasteiger partial charge in [0, 0.05) is 26.2 Å². The number of aryl methyl sites for hydroxylation is 2. The first kappa shape index (κ1) is 18.6. The normalized spacial score (nSPS) is 17.6. The molecular formula is C20H23N3O2S. The molecule has 136 valence electrons. The van der Waals surface area contributed by atoms with Crippen molar-refractivity contribution >= 4 is 10.0 Å². The summed E-state index contributed by atoms with van der Waals surface area (Å²) in [7, 11) is -3.49. The molecule has 1 fully saturated rings. The molecule has 26 heavy (non-hydrogen) atoms. The molecule has 0 aromatic heterocycles. The van der Waals surface area contributed by atoms with E-state index >= 15 is 0 Å². The molecule has 0 aliphatic carbocycles. The Kier molecular flexibility index (Phi) is 5.42. The van der Waals surface area contributed by atoms with Gasteiger partial charge in [-0.15, -0.1) is 0 Å². The van der Waals surface area contributed by atoms with Gasteiger partial charge in [0.2, 0.25) is 10.0 Å².